The molecule has 0 amide bonds. The van der Waals surface area contributed by atoms with Crippen LogP contribution < -0.4 is 10.2 Å². The maximum Gasteiger partial charge on any atom is 0.185 e. The number of para-hydroxylation sites is 1. The van der Waals surface area contributed by atoms with Gasteiger partial charge in [0.2, 0.25) is 0 Å². The lowest BCUT2D eigenvalue weighted by Gasteiger charge is -2.16. The highest BCUT2D eigenvalue weighted by Gasteiger charge is 2.12. The van der Waals surface area contributed by atoms with Crippen molar-refractivity contribution in [2.75, 3.05) is 18.0 Å². The molecule has 0 saturated carbocycles. The summed E-state index contributed by atoms with van der Waals surface area (Å²) in [5, 5.41) is 5.77. The normalized spacial score (nSPS) is 12.7. The van der Waals surface area contributed by atoms with Crippen molar-refractivity contribution in [3.63, 3.8) is 0 Å². The summed E-state index contributed by atoms with van der Waals surface area (Å²) in [7, 11) is 0. The first-order chi connectivity index (χ1) is 11.2. The number of nitrogens with one attached hydrogen (secondary N) is 1. The Kier molecular flexibility index (Phi) is 4.98. The summed E-state index contributed by atoms with van der Waals surface area (Å²) < 4.78 is 5.91. The van der Waals surface area contributed by atoms with E-state index >= 15 is 0 Å². The van der Waals surface area contributed by atoms with Crippen LogP contribution in [0.1, 0.15) is 37.5 Å². The highest BCUT2D eigenvalue weighted by Crippen LogP contribution is 2.25. The predicted molar refractivity (Wildman–Crippen MR) is 97.1 cm³/mol. The van der Waals surface area contributed by atoms with E-state index in [1.54, 1.807) is 11.3 Å². The van der Waals surface area contributed by atoms with Crippen molar-refractivity contribution in [2.45, 2.75) is 33.4 Å². The molecule has 0 aliphatic rings. The fourth-order valence-electron chi connectivity index (χ4n) is 2.59. The molecule has 4 nitrogen and oxygen atoms in total. The van der Waals surface area contributed by atoms with Crippen LogP contribution in [0.3, 0.4) is 0 Å². The summed E-state index contributed by atoms with van der Waals surface area (Å²) in [5.41, 5.74) is 0.942. The maximum absolute atomic E-state index is 5.91. The zero-order valence-corrected chi connectivity index (χ0v) is 14.7. The smallest absolute Gasteiger partial charge is 0.185 e. The SMILES string of the molecule is CCN(CC)c1ncc(CNC(C)c2cc3ccccc3o2)s1. The Morgan fingerprint density at radius 3 is 2.78 bits per heavy atom. The average Bonchev–Trinajstić information content (AvgIpc) is 3.20. The van der Waals surface area contributed by atoms with E-state index in [0.29, 0.717) is 0 Å². The minimum absolute atomic E-state index is 0.168. The van der Waals surface area contributed by atoms with Crippen LogP contribution in [-0.2, 0) is 6.54 Å². The molecule has 1 N–H and O–H groups in total. The number of rotatable bonds is 7. The van der Waals surface area contributed by atoms with Crippen molar-refractivity contribution in [3.05, 3.63) is 47.2 Å². The molecule has 23 heavy (non-hydrogen) atoms. The Labute approximate surface area is 141 Å². The van der Waals surface area contributed by atoms with Gasteiger partial charge in [0.15, 0.2) is 5.13 Å². The molecule has 0 saturated heterocycles. The Balaban J connectivity index is 1.63. The van der Waals surface area contributed by atoms with E-state index < -0.39 is 0 Å². The van der Waals surface area contributed by atoms with E-state index in [-0.39, 0.29) is 6.04 Å². The molecular formula is C18H23N3OS. The third-order valence-corrected chi connectivity index (χ3v) is 5.09. The van der Waals surface area contributed by atoms with Crippen molar-refractivity contribution in [3.8, 4) is 0 Å². The summed E-state index contributed by atoms with van der Waals surface area (Å²) in [4.78, 5) is 8.04. The van der Waals surface area contributed by atoms with Crippen molar-refractivity contribution in [2.24, 2.45) is 0 Å². The lowest BCUT2D eigenvalue weighted by atomic mass is 10.2. The quantitative estimate of drug-likeness (QED) is 0.688. The van der Waals surface area contributed by atoms with E-state index in [9.17, 15) is 0 Å². The van der Waals surface area contributed by atoms with Crippen LogP contribution in [0.4, 0.5) is 5.13 Å². The minimum atomic E-state index is 0.168. The molecule has 0 aliphatic heterocycles. The van der Waals surface area contributed by atoms with Gasteiger partial charge in [-0.3, -0.25) is 0 Å². The third kappa shape index (κ3) is 3.57. The Bertz CT molecular complexity index is 727. The second kappa shape index (κ2) is 7.15. The summed E-state index contributed by atoms with van der Waals surface area (Å²) in [6, 6.07) is 10.4. The molecule has 1 aromatic carbocycles. The van der Waals surface area contributed by atoms with Gasteiger partial charge in [-0.1, -0.05) is 18.2 Å². The van der Waals surface area contributed by atoms with Crippen molar-refractivity contribution >= 4 is 27.4 Å². The van der Waals surface area contributed by atoms with E-state index in [1.165, 1.54) is 4.88 Å². The zero-order valence-electron chi connectivity index (χ0n) is 13.9. The molecule has 2 heterocycles. The van der Waals surface area contributed by atoms with Crippen LogP contribution in [0, 0.1) is 0 Å². The number of furan rings is 1. The first-order valence-electron chi connectivity index (χ1n) is 8.12. The lowest BCUT2D eigenvalue weighted by Crippen LogP contribution is -2.21. The molecular weight excluding hydrogens is 306 g/mol. The van der Waals surface area contributed by atoms with Crippen molar-refractivity contribution in [1.29, 1.82) is 0 Å². The number of aromatic nitrogens is 1. The van der Waals surface area contributed by atoms with Gasteiger partial charge in [0.25, 0.3) is 0 Å². The number of thiazole rings is 1. The number of benzene rings is 1. The molecule has 122 valence electrons. The molecule has 0 spiro atoms. The molecule has 3 rings (SSSR count). The van der Waals surface area contributed by atoms with Gasteiger partial charge in [-0.05, 0) is 32.9 Å². The lowest BCUT2D eigenvalue weighted by molar-refractivity contribution is 0.452. The minimum Gasteiger partial charge on any atom is -0.459 e. The maximum atomic E-state index is 5.91. The Hall–Kier alpha value is -1.85. The molecule has 0 radical (unpaired) electrons. The Morgan fingerprint density at radius 1 is 1.26 bits per heavy atom. The first-order valence-corrected chi connectivity index (χ1v) is 8.94. The Morgan fingerprint density at radius 2 is 2.04 bits per heavy atom. The van der Waals surface area contributed by atoms with Crippen molar-refractivity contribution in [1.82, 2.24) is 10.3 Å². The van der Waals surface area contributed by atoms with Gasteiger partial charge in [0.1, 0.15) is 11.3 Å². The van der Waals surface area contributed by atoms with E-state index in [4.69, 9.17) is 4.42 Å². The highest BCUT2D eigenvalue weighted by molar-refractivity contribution is 7.15. The van der Waals surface area contributed by atoms with Crippen LogP contribution in [0.15, 0.2) is 40.9 Å². The summed E-state index contributed by atoms with van der Waals surface area (Å²) in [6.45, 7) is 9.23. The van der Waals surface area contributed by atoms with E-state index in [1.807, 2.05) is 24.4 Å². The molecule has 3 aromatic rings. The second-order valence-corrected chi connectivity index (χ2v) is 6.66. The number of hydrogen-bond acceptors (Lipinski definition) is 5. The van der Waals surface area contributed by atoms with Crippen LogP contribution in [0.25, 0.3) is 11.0 Å². The molecule has 0 bridgehead atoms. The summed E-state index contributed by atoms with van der Waals surface area (Å²) in [6.07, 6.45) is 1.97. The van der Waals surface area contributed by atoms with Gasteiger partial charge < -0.3 is 14.6 Å². The molecule has 1 atom stereocenters. The van der Waals surface area contributed by atoms with E-state index in [0.717, 1.165) is 41.5 Å². The fourth-order valence-corrected chi connectivity index (χ4v) is 3.58. The standard InChI is InChI=1S/C18H23N3OS/c1-4-21(5-2)18-20-12-15(23-18)11-19-13(3)17-10-14-8-6-7-9-16(14)22-17/h6-10,12-13,19H,4-5,11H2,1-3H3. The molecule has 0 fully saturated rings. The summed E-state index contributed by atoms with van der Waals surface area (Å²) in [5.74, 6) is 0.972. The number of hydrogen-bond donors (Lipinski definition) is 1. The van der Waals surface area contributed by atoms with Gasteiger partial charge in [0, 0.05) is 36.1 Å². The second-order valence-electron chi connectivity index (χ2n) is 5.57. The van der Waals surface area contributed by atoms with Gasteiger partial charge >= 0.3 is 0 Å². The fraction of sp³-hybridized carbons (Fsp3) is 0.389. The predicted octanol–water partition coefficient (Wildman–Crippen LogP) is 4.59. The van der Waals surface area contributed by atoms with Gasteiger partial charge in [0.05, 0.1) is 6.04 Å². The molecule has 0 aliphatic carbocycles. The van der Waals surface area contributed by atoms with Gasteiger partial charge in [-0.25, -0.2) is 4.98 Å². The topological polar surface area (TPSA) is 41.3 Å². The largest absolute Gasteiger partial charge is 0.459 e. The van der Waals surface area contributed by atoms with Gasteiger partial charge in [-0.15, -0.1) is 11.3 Å². The molecule has 5 heteroatoms. The average molecular weight is 329 g/mol. The van der Waals surface area contributed by atoms with Crippen LogP contribution in [0.5, 0.6) is 0 Å². The summed E-state index contributed by atoms with van der Waals surface area (Å²) >= 11 is 1.75. The van der Waals surface area contributed by atoms with E-state index in [2.05, 4.69) is 48.1 Å². The highest BCUT2D eigenvalue weighted by atomic mass is 32.1. The van der Waals surface area contributed by atoms with Crippen LogP contribution >= 0.6 is 11.3 Å². The van der Waals surface area contributed by atoms with Gasteiger partial charge in [-0.2, -0.15) is 0 Å². The number of nitrogens with zero attached hydrogens (tertiary/aromatic N) is 2. The number of anilines is 1. The van der Waals surface area contributed by atoms with Crippen LogP contribution in [0.2, 0.25) is 0 Å². The van der Waals surface area contributed by atoms with Crippen LogP contribution in [-0.4, -0.2) is 18.1 Å². The monoisotopic (exact) mass is 329 g/mol. The first kappa shape index (κ1) is 16.0. The van der Waals surface area contributed by atoms with Crippen molar-refractivity contribution < 1.29 is 4.42 Å². The molecule has 2 aromatic heterocycles. The third-order valence-electron chi connectivity index (χ3n) is 4.03. The zero-order chi connectivity index (χ0) is 16.2. The molecule has 1 unspecified atom stereocenters. The number of fused-ring (bicyclic) bond motifs is 1.